The summed E-state index contributed by atoms with van der Waals surface area (Å²) in [7, 11) is 0. The molecule has 0 radical (unpaired) electrons. The summed E-state index contributed by atoms with van der Waals surface area (Å²) in [6.07, 6.45) is 0.679. The van der Waals surface area contributed by atoms with Gasteiger partial charge in [-0.15, -0.1) is 0 Å². The molecule has 0 unspecified atom stereocenters. The molecule has 3 rings (SSSR count). The number of carbonyl (C=O) groups is 1. The van der Waals surface area contributed by atoms with Gasteiger partial charge in [-0.2, -0.15) is 5.10 Å². The largest absolute Gasteiger partial charge is 0.481 e. The third kappa shape index (κ3) is 2.97. The Labute approximate surface area is 132 Å². The minimum atomic E-state index is -0.789. The predicted octanol–water partition coefficient (Wildman–Crippen LogP) is 4.22. The molecule has 0 amide bonds. The van der Waals surface area contributed by atoms with Crippen LogP contribution in [0, 0.1) is 0 Å². The minimum absolute atomic E-state index is 0.135. The summed E-state index contributed by atoms with van der Waals surface area (Å²) < 4.78 is 1.86. The highest BCUT2D eigenvalue weighted by molar-refractivity contribution is 6.31. The van der Waals surface area contributed by atoms with Crippen LogP contribution in [0.25, 0.3) is 22.2 Å². The van der Waals surface area contributed by atoms with Gasteiger partial charge in [-0.1, -0.05) is 41.9 Å². The Morgan fingerprint density at radius 1 is 1.18 bits per heavy atom. The van der Waals surface area contributed by atoms with Crippen molar-refractivity contribution in [3.8, 4) is 11.3 Å². The lowest BCUT2D eigenvalue weighted by Gasteiger charge is -2.01. The number of benzene rings is 2. The molecule has 5 heteroatoms. The maximum Gasteiger partial charge on any atom is 0.303 e. The molecule has 0 aliphatic heterocycles. The van der Waals surface area contributed by atoms with E-state index in [1.807, 2.05) is 53.2 Å². The molecule has 22 heavy (non-hydrogen) atoms. The number of hydrogen-bond donors (Lipinski definition) is 1. The fourth-order valence-corrected chi connectivity index (χ4v) is 2.68. The monoisotopic (exact) mass is 314 g/mol. The SMILES string of the molecule is O=C(O)CCCn1nc(-c2ccccc2)c2cc(Cl)ccc21. The lowest BCUT2D eigenvalue weighted by atomic mass is 10.1. The van der Waals surface area contributed by atoms with Crippen LogP contribution < -0.4 is 0 Å². The van der Waals surface area contributed by atoms with E-state index in [1.54, 1.807) is 0 Å². The molecule has 0 saturated carbocycles. The van der Waals surface area contributed by atoms with Gasteiger partial charge in [0.15, 0.2) is 0 Å². The third-order valence-electron chi connectivity index (χ3n) is 3.52. The van der Waals surface area contributed by atoms with Crippen molar-refractivity contribution < 1.29 is 9.90 Å². The molecule has 0 aliphatic carbocycles. The van der Waals surface area contributed by atoms with Gasteiger partial charge < -0.3 is 5.11 Å². The maximum absolute atomic E-state index is 10.7. The number of aromatic nitrogens is 2. The van der Waals surface area contributed by atoms with Crippen LogP contribution in [0.5, 0.6) is 0 Å². The van der Waals surface area contributed by atoms with E-state index < -0.39 is 5.97 Å². The zero-order valence-electron chi connectivity index (χ0n) is 11.9. The van der Waals surface area contributed by atoms with E-state index in [2.05, 4.69) is 5.10 Å². The van der Waals surface area contributed by atoms with Gasteiger partial charge in [0.25, 0.3) is 0 Å². The van der Waals surface area contributed by atoms with Crippen LogP contribution in [0.4, 0.5) is 0 Å². The molecular formula is C17H15ClN2O2. The van der Waals surface area contributed by atoms with Gasteiger partial charge in [0.2, 0.25) is 0 Å². The Hall–Kier alpha value is -2.33. The summed E-state index contributed by atoms with van der Waals surface area (Å²) in [5.41, 5.74) is 2.86. The number of carboxylic acid groups (broad SMARTS) is 1. The van der Waals surface area contributed by atoms with Gasteiger partial charge >= 0.3 is 5.97 Å². The molecule has 0 spiro atoms. The smallest absolute Gasteiger partial charge is 0.303 e. The van der Waals surface area contributed by atoms with E-state index in [4.69, 9.17) is 16.7 Å². The van der Waals surface area contributed by atoms with Crippen molar-refractivity contribution in [1.29, 1.82) is 0 Å². The van der Waals surface area contributed by atoms with Crippen molar-refractivity contribution in [2.45, 2.75) is 19.4 Å². The normalized spacial score (nSPS) is 11.0. The second-order valence-electron chi connectivity index (χ2n) is 5.10. The molecule has 112 valence electrons. The van der Waals surface area contributed by atoms with Crippen molar-refractivity contribution in [2.24, 2.45) is 0 Å². The molecule has 0 saturated heterocycles. The average Bonchev–Trinajstić information content (AvgIpc) is 2.86. The van der Waals surface area contributed by atoms with Crippen LogP contribution in [-0.4, -0.2) is 20.9 Å². The van der Waals surface area contributed by atoms with Crippen LogP contribution >= 0.6 is 11.6 Å². The maximum atomic E-state index is 10.7. The summed E-state index contributed by atoms with van der Waals surface area (Å²) in [5, 5.41) is 15.1. The molecule has 0 fully saturated rings. The fraction of sp³-hybridized carbons (Fsp3) is 0.176. The first kappa shape index (κ1) is 14.6. The first-order valence-electron chi connectivity index (χ1n) is 7.08. The number of carboxylic acids is 1. The third-order valence-corrected chi connectivity index (χ3v) is 3.76. The minimum Gasteiger partial charge on any atom is -0.481 e. The molecule has 4 nitrogen and oxygen atoms in total. The van der Waals surface area contributed by atoms with Crippen LogP contribution in [0.3, 0.4) is 0 Å². The van der Waals surface area contributed by atoms with E-state index in [1.165, 1.54) is 0 Å². The van der Waals surface area contributed by atoms with Gasteiger partial charge in [0.05, 0.1) is 5.52 Å². The van der Waals surface area contributed by atoms with Crippen molar-refractivity contribution in [3.05, 3.63) is 53.6 Å². The predicted molar refractivity (Wildman–Crippen MR) is 87.0 cm³/mol. The van der Waals surface area contributed by atoms with Crippen LogP contribution in [0.1, 0.15) is 12.8 Å². The van der Waals surface area contributed by atoms with Crippen molar-refractivity contribution >= 4 is 28.5 Å². The van der Waals surface area contributed by atoms with Crippen molar-refractivity contribution in [1.82, 2.24) is 9.78 Å². The topological polar surface area (TPSA) is 55.1 Å². The van der Waals surface area contributed by atoms with Gasteiger partial charge in [0.1, 0.15) is 5.69 Å². The Balaban J connectivity index is 2.04. The lowest BCUT2D eigenvalue weighted by molar-refractivity contribution is -0.137. The number of nitrogens with zero attached hydrogens (tertiary/aromatic N) is 2. The summed E-state index contributed by atoms with van der Waals surface area (Å²) in [6.45, 7) is 0.567. The Kier molecular flexibility index (Phi) is 4.11. The van der Waals surface area contributed by atoms with E-state index in [9.17, 15) is 4.79 Å². The molecule has 2 aromatic carbocycles. The zero-order valence-corrected chi connectivity index (χ0v) is 12.6. The number of halogens is 1. The number of rotatable bonds is 5. The Bertz CT molecular complexity index is 812. The second-order valence-corrected chi connectivity index (χ2v) is 5.53. The molecule has 3 aromatic rings. The van der Waals surface area contributed by atoms with Crippen LogP contribution in [0.2, 0.25) is 5.02 Å². The van der Waals surface area contributed by atoms with Crippen molar-refractivity contribution in [3.63, 3.8) is 0 Å². The Morgan fingerprint density at radius 2 is 1.95 bits per heavy atom. The molecule has 0 bridgehead atoms. The van der Waals surface area contributed by atoms with E-state index in [0.29, 0.717) is 18.0 Å². The van der Waals surface area contributed by atoms with Crippen LogP contribution in [-0.2, 0) is 11.3 Å². The van der Waals surface area contributed by atoms with Crippen molar-refractivity contribution in [2.75, 3.05) is 0 Å². The number of aryl methyl sites for hydroxylation is 1. The number of aliphatic carboxylic acids is 1. The van der Waals surface area contributed by atoms with Gasteiger partial charge in [0, 0.05) is 28.9 Å². The second kappa shape index (κ2) is 6.20. The zero-order chi connectivity index (χ0) is 15.5. The fourth-order valence-electron chi connectivity index (χ4n) is 2.51. The van der Waals surface area contributed by atoms with Crippen LogP contribution in [0.15, 0.2) is 48.5 Å². The number of hydrogen-bond acceptors (Lipinski definition) is 2. The number of fused-ring (bicyclic) bond motifs is 1. The van der Waals surface area contributed by atoms with E-state index in [0.717, 1.165) is 22.2 Å². The molecule has 1 N–H and O–H groups in total. The quantitative estimate of drug-likeness (QED) is 0.767. The summed E-state index contributed by atoms with van der Waals surface area (Å²) >= 11 is 6.12. The van der Waals surface area contributed by atoms with Gasteiger partial charge in [-0.25, -0.2) is 0 Å². The van der Waals surface area contributed by atoms with Gasteiger partial charge in [-0.3, -0.25) is 9.48 Å². The summed E-state index contributed by atoms with van der Waals surface area (Å²) in [6, 6.07) is 15.6. The Morgan fingerprint density at radius 3 is 2.68 bits per heavy atom. The molecule has 0 atom stereocenters. The highest BCUT2D eigenvalue weighted by atomic mass is 35.5. The highest BCUT2D eigenvalue weighted by Gasteiger charge is 2.12. The first-order chi connectivity index (χ1) is 10.6. The highest BCUT2D eigenvalue weighted by Crippen LogP contribution is 2.30. The molecule has 1 heterocycles. The first-order valence-corrected chi connectivity index (χ1v) is 7.46. The average molecular weight is 315 g/mol. The van der Waals surface area contributed by atoms with E-state index >= 15 is 0 Å². The summed E-state index contributed by atoms with van der Waals surface area (Å²) in [4.78, 5) is 10.7. The lowest BCUT2D eigenvalue weighted by Crippen LogP contribution is -2.03. The summed E-state index contributed by atoms with van der Waals surface area (Å²) in [5.74, 6) is -0.789. The molecule has 1 aromatic heterocycles. The van der Waals surface area contributed by atoms with Gasteiger partial charge in [-0.05, 0) is 24.6 Å². The molecular weight excluding hydrogens is 300 g/mol. The van der Waals surface area contributed by atoms with E-state index in [-0.39, 0.29) is 6.42 Å². The standard InChI is InChI=1S/C17H15ClN2O2/c18-13-8-9-15-14(11-13)17(12-5-2-1-3-6-12)19-20(15)10-4-7-16(21)22/h1-3,5-6,8-9,11H,4,7,10H2,(H,21,22). The molecule has 0 aliphatic rings.